The Bertz CT molecular complexity index is 696. The molecule has 2 aromatic rings. The lowest BCUT2D eigenvalue weighted by Gasteiger charge is -2.34. The topological polar surface area (TPSA) is 41.6 Å². The standard InChI is InChI=1S/C22H28N2O2/c1-2-16-24(19-12-14-23-15-13-19)22(25)17-26-21-11-7-6-10-20(21)18-8-4-3-5-9-18/h3-11,19,23H,2,12-17H2,1H3. The molecule has 3 rings (SSSR count). The van der Waals surface area contributed by atoms with Crippen molar-refractivity contribution in [2.24, 2.45) is 0 Å². The highest BCUT2D eigenvalue weighted by atomic mass is 16.5. The van der Waals surface area contributed by atoms with E-state index in [1.807, 2.05) is 47.4 Å². The number of hydrogen-bond donors (Lipinski definition) is 1. The average Bonchev–Trinajstić information content (AvgIpc) is 2.72. The third-order valence-corrected chi connectivity index (χ3v) is 4.86. The molecule has 1 saturated heterocycles. The van der Waals surface area contributed by atoms with Crippen LogP contribution in [0.2, 0.25) is 0 Å². The van der Waals surface area contributed by atoms with Crippen molar-refractivity contribution in [3.8, 4) is 16.9 Å². The Morgan fingerprint density at radius 3 is 2.50 bits per heavy atom. The fourth-order valence-corrected chi connectivity index (χ4v) is 3.54. The molecule has 0 aliphatic carbocycles. The molecule has 1 aliphatic rings. The molecule has 26 heavy (non-hydrogen) atoms. The van der Waals surface area contributed by atoms with E-state index < -0.39 is 0 Å². The van der Waals surface area contributed by atoms with E-state index in [0.29, 0.717) is 6.04 Å². The lowest BCUT2D eigenvalue weighted by atomic mass is 10.0. The second-order valence-electron chi connectivity index (χ2n) is 6.72. The van der Waals surface area contributed by atoms with Gasteiger partial charge in [-0.3, -0.25) is 4.79 Å². The van der Waals surface area contributed by atoms with Crippen LogP contribution in [0.15, 0.2) is 54.6 Å². The summed E-state index contributed by atoms with van der Waals surface area (Å²) in [6.07, 6.45) is 3.01. The zero-order valence-corrected chi connectivity index (χ0v) is 15.5. The van der Waals surface area contributed by atoms with Gasteiger partial charge in [-0.2, -0.15) is 0 Å². The fraction of sp³-hybridized carbons (Fsp3) is 0.409. The van der Waals surface area contributed by atoms with Crippen LogP contribution >= 0.6 is 0 Å². The Morgan fingerprint density at radius 1 is 1.08 bits per heavy atom. The van der Waals surface area contributed by atoms with Crippen LogP contribution in [0.1, 0.15) is 26.2 Å². The maximum Gasteiger partial charge on any atom is 0.260 e. The summed E-state index contributed by atoms with van der Waals surface area (Å²) in [5.74, 6) is 0.843. The molecule has 0 atom stereocenters. The van der Waals surface area contributed by atoms with Crippen molar-refractivity contribution in [2.75, 3.05) is 26.2 Å². The summed E-state index contributed by atoms with van der Waals surface area (Å²) in [6, 6.07) is 18.4. The van der Waals surface area contributed by atoms with Gasteiger partial charge in [0.1, 0.15) is 5.75 Å². The van der Waals surface area contributed by atoms with Crippen molar-refractivity contribution in [2.45, 2.75) is 32.2 Å². The molecule has 4 heteroatoms. The summed E-state index contributed by atoms with van der Waals surface area (Å²) >= 11 is 0. The third kappa shape index (κ3) is 4.64. The normalized spacial score (nSPS) is 14.8. The maximum absolute atomic E-state index is 12.8. The van der Waals surface area contributed by atoms with Crippen LogP contribution in [0.3, 0.4) is 0 Å². The van der Waals surface area contributed by atoms with E-state index in [-0.39, 0.29) is 12.5 Å². The summed E-state index contributed by atoms with van der Waals surface area (Å²) in [7, 11) is 0. The molecular weight excluding hydrogens is 324 g/mol. The molecule has 0 radical (unpaired) electrons. The van der Waals surface area contributed by atoms with Gasteiger partial charge in [-0.05, 0) is 44.0 Å². The molecule has 0 spiro atoms. The first-order chi connectivity index (χ1) is 12.8. The predicted molar refractivity (Wildman–Crippen MR) is 105 cm³/mol. The molecular formula is C22H28N2O2. The van der Waals surface area contributed by atoms with Crippen LogP contribution in [0.4, 0.5) is 0 Å². The first-order valence-corrected chi connectivity index (χ1v) is 9.57. The second-order valence-corrected chi connectivity index (χ2v) is 6.72. The predicted octanol–water partition coefficient (Wildman–Crippen LogP) is 3.72. The molecule has 138 valence electrons. The van der Waals surface area contributed by atoms with Gasteiger partial charge >= 0.3 is 0 Å². The maximum atomic E-state index is 12.8. The Balaban J connectivity index is 1.68. The zero-order valence-electron chi connectivity index (χ0n) is 15.5. The molecule has 0 aromatic heterocycles. The van der Waals surface area contributed by atoms with Gasteiger partial charge < -0.3 is 15.0 Å². The van der Waals surface area contributed by atoms with E-state index >= 15 is 0 Å². The van der Waals surface area contributed by atoms with Crippen molar-refractivity contribution < 1.29 is 9.53 Å². The number of rotatable bonds is 7. The number of para-hydroxylation sites is 1. The molecule has 1 aliphatic heterocycles. The number of carbonyl (C=O) groups excluding carboxylic acids is 1. The lowest BCUT2D eigenvalue weighted by molar-refractivity contribution is -0.136. The summed E-state index contributed by atoms with van der Waals surface area (Å²) in [5, 5.41) is 3.36. The van der Waals surface area contributed by atoms with Crippen LogP contribution in [-0.4, -0.2) is 43.1 Å². The molecule has 4 nitrogen and oxygen atoms in total. The summed E-state index contributed by atoms with van der Waals surface area (Å²) in [6.45, 7) is 4.97. The zero-order chi connectivity index (χ0) is 18.2. The first-order valence-electron chi connectivity index (χ1n) is 9.57. The number of piperidine rings is 1. The number of carbonyl (C=O) groups is 1. The van der Waals surface area contributed by atoms with E-state index in [2.05, 4.69) is 24.4 Å². The average molecular weight is 352 g/mol. The molecule has 2 aromatic carbocycles. The van der Waals surface area contributed by atoms with E-state index in [1.54, 1.807) is 0 Å². The minimum Gasteiger partial charge on any atom is -0.483 e. The SMILES string of the molecule is CCCN(C(=O)COc1ccccc1-c1ccccc1)C1CCNCC1. The highest BCUT2D eigenvalue weighted by molar-refractivity contribution is 5.79. The number of amides is 1. The first kappa shape index (κ1) is 18.5. The van der Waals surface area contributed by atoms with Crippen molar-refractivity contribution in [3.05, 3.63) is 54.6 Å². The van der Waals surface area contributed by atoms with Gasteiger partial charge in [-0.15, -0.1) is 0 Å². The van der Waals surface area contributed by atoms with Gasteiger partial charge in [0.05, 0.1) is 0 Å². The summed E-state index contributed by atoms with van der Waals surface area (Å²) in [5.41, 5.74) is 2.11. The van der Waals surface area contributed by atoms with Gasteiger partial charge in [0.15, 0.2) is 6.61 Å². The second kappa shape index (κ2) is 9.39. The fourth-order valence-electron chi connectivity index (χ4n) is 3.54. The molecule has 1 N–H and O–H groups in total. The van der Waals surface area contributed by atoms with Crippen molar-refractivity contribution in [3.63, 3.8) is 0 Å². The van der Waals surface area contributed by atoms with Crippen LogP contribution in [-0.2, 0) is 4.79 Å². The van der Waals surface area contributed by atoms with Gasteiger partial charge in [0.2, 0.25) is 0 Å². The van der Waals surface area contributed by atoms with E-state index in [4.69, 9.17) is 4.74 Å². The highest BCUT2D eigenvalue weighted by Crippen LogP contribution is 2.29. The Kier molecular flexibility index (Phi) is 6.67. The van der Waals surface area contributed by atoms with Crippen molar-refractivity contribution in [1.82, 2.24) is 10.2 Å². The number of ether oxygens (including phenoxy) is 1. The quantitative estimate of drug-likeness (QED) is 0.826. The molecule has 0 bridgehead atoms. The lowest BCUT2D eigenvalue weighted by Crippen LogP contribution is -2.48. The Morgan fingerprint density at radius 2 is 1.77 bits per heavy atom. The minimum absolute atomic E-state index is 0.0848. The van der Waals surface area contributed by atoms with E-state index in [0.717, 1.165) is 55.8 Å². The third-order valence-electron chi connectivity index (χ3n) is 4.86. The van der Waals surface area contributed by atoms with Crippen LogP contribution < -0.4 is 10.1 Å². The van der Waals surface area contributed by atoms with Crippen molar-refractivity contribution in [1.29, 1.82) is 0 Å². The molecule has 1 fully saturated rings. The summed E-state index contributed by atoms with van der Waals surface area (Å²) in [4.78, 5) is 14.9. The number of benzene rings is 2. The summed E-state index contributed by atoms with van der Waals surface area (Å²) < 4.78 is 5.96. The van der Waals surface area contributed by atoms with Crippen LogP contribution in [0.25, 0.3) is 11.1 Å². The van der Waals surface area contributed by atoms with Gasteiger partial charge in [-0.1, -0.05) is 55.5 Å². The molecule has 1 amide bonds. The molecule has 1 heterocycles. The monoisotopic (exact) mass is 352 g/mol. The largest absolute Gasteiger partial charge is 0.483 e. The molecule has 0 unspecified atom stereocenters. The van der Waals surface area contributed by atoms with E-state index in [1.165, 1.54) is 0 Å². The number of hydrogen-bond acceptors (Lipinski definition) is 3. The van der Waals surface area contributed by atoms with Crippen LogP contribution in [0.5, 0.6) is 5.75 Å². The van der Waals surface area contributed by atoms with E-state index in [9.17, 15) is 4.79 Å². The number of nitrogens with zero attached hydrogens (tertiary/aromatic N) is 1. The highest BCUT2D eigenvalue weighted by Gasteiger charge is 2.25. The van der Waals surface area contributed by atoms with Crippen molar-refractivity contribution >= 4 is 5.91 Å². The minimum atomic E-state index is 0.0848. The Labute approximate surface area is 156 Å². The van der Waals surface area contributed by atoms with Gasteiger partial charge in [-0.25, -0.2) is 0 Å². The Hall–Kier alpha value is -2.33. The van der Waals surface area contributed by atoms with Gasteiger partial charge in [0.25, 0.3) is 5.91 Å². The van der Waals surface area contributed by atoms with Gasteiger partial charge in [0, 0.05) is 18.2 Å². The van der Waals surface area contributed by atoms with Crippen LogP contribution in [0, 0.1) is 0 Å². The number of nitrogens with one attached hydrogen (secondary N) is 1. The molecule has 0 saturated carbocycles. The smallest absolute Gasteiger partial charge is 0.260 e.